The van der Waals surface area contributed by atoms with Crippen LogP contribution in [0.4, 0.5) is 0 Å². The molecule has 0 aromatic heterocycles. The summed E-state index contributed by atoms with van der Waals surface area (Å²) in [5, 5.41) is 8.84. The van der Waals surface area contributed by atoms with E-state index in [9.17, 15) is 9.59 Å². The van der Waals surface area contributed by atoms with E-state index < -0.39 is 5.60 Å². The quantitative estimate of drug-likeness (QED) is 0.0352. The highest BCUT2D eigenvalue weighted by atomic mass is 16.6. The minimum absolute atomic E-state index is 0.178. The summed E-state index contributed by atoms with van der Waals surface area (Å²) in [5.41, 5.74) is 7.90. The molecule has 0 radical (unpaired) electrons. The number of nitrogens with zero attached hydrogens (tertiary/aromatic N) is 1. The van der Waals surface area contributed by atoms with Crippen LogP contribution in [-0.2, 0) is 23.8 Å². The molecule has 46 heavy (non-hydrogen) atoms. The number of aliphatic hydroxyl groups excluding tert-OH is 1. The first-order valence-electron chi connectivity index (χ1n) is 16.1. The molecule has 0 saturated heterocycles. The van der Waals surface area contributed by atoms with Crippen molar-refractivity contribution in [3.05, 3.63) is 88.8 Å². The molecule has 4 N–H and O–H groups in total. The largest absolute Gasteiger partial charge is 0.476 e. The number of nitrogens with two attached hydrogens (primary N) is 1. The maximum Gasteiger partial charge on any atom is 0.349 e. The number of carbonyl (C=O) groups excluding carboxylic acids is 2. The number of likely N-dealkylation sites (N-methyl/N-ethyl adjacent to an activating group) is 1. The molecule has 1 aliphatic rings. The Morgan fingerprint density at radius 3 is 2.37 bits per heavy atom. The van der Waals surface area contributed by atoms with Crippen molar-refractivity contribution in [3.8, 4) is 0 Å². The number of esters is 1. The Hall–Kier alpha value is -3.50. The Bertz CT molecular complexity index is 1230. The molecule has 9 nitrogen and oxygen atoms in total. The number of benzene rings is 1. The van der Waals surface area contributed by atoms with Gasteiger partial charge in [-0.3, -0.25) is 15.1 Å². The third-order valence-electron chi connectivity index (χ3n) is 7.18. The highest BCUT2D eigenvalue weighted by molar-refractivity contribution is 5.86. The maximum atomic E-state index is 12.1. The fraction of sp³-hybridized carbons (Fsp3) is 0.514. The van der Waals surface area contributed by atoms with Gasteiger partial charge in [0, 0.05) is 12.5 Å². The zero-order chi connectivity index (χ0) is 35.3. The summed E-state index contributed by atoms with van der Waals surface area (Å²) >= 11 is 0. The van der Waals surface area contributed by atoms with E-state index in [1.165, 1.54) is 16.7 Å². The molecule has 1 amide bonds. The third-order valence-corrected chi connectivity index (χ3v) is 7.18. The van der Waals surface area contributed by atoms with Gasteiger partial charge in [0.05, 0.1) is 19.8 Å². The summed E-state index contributed by atoms with van der Waals surface area (Å²) in [5.74, 6) is 5.37. The van der Waals surface area contributed by atoms with E-state index in [1.54, 1.807) is 20.8 Å². The second kappa shape index (κ2) is 22.9. The van der Waals surface area contributed by atoms with E-state index in [0.29, 0.717) is 25.5 Å². The Morgan fingerprint density at radius 2 is 1.83 bits per heavy atom. The number of amides is 1. The topological polar surface area (TPSA) is 123 Å². The molecule has 258 valence electrons. The van der Waals surface area contributed by atoms with Crippen LogP contribution >= 0.6 is 0 Å². The number of hydrogen-bond donors (Lipinski definition) is 3. The average molecular weight is 642 g/mol. The number of nitrogens with one attached hydrogen (secondary N) is 1. The first kappa shape index (κ1) is 42.5. The summed E-state index contributed by atoms with van der Waals surface area (Å²) in [4.78, 5) is 25.3. The second-order valence-corrected chi connectivity index (χ2v) is 11.0. The molecule has 0 aliphatic heterocycles. The second-order valence-electron chi connectivity index (χ2n) is 11.0. The number of rotatable bonds is 16. The van der Waals surface area contributed by atoms with Gasteiger partial charge in [0.25, 0.3) is 0 Å². The molecule has 0 spiro atoms. The smallest absolute Gasteiger partial charge is 0.349 e. The number of fused-ring (bicyclic) bond motifs is 1. The zero-order valence-electron chi connectivity index (χ0n) is 29.9. The molecular weight excluding hydrogens is 582 g/mol. The molecule has 0 fully saturated rings. The highest BCUT2D eigenvalue weighted by Crippen LogP contribution is 2.43. The third kappa shape index (κ3) is 13.5. The molecule has 9 heteroatoms. The van der Waals surface area contributed by atoms with Crippen LogP contribution in [0.1, 0.15) is 92.2 Å². The van der Waals surface area contributed by atoms with E-state index in [2.05, 4.69) is 30.2 Å². The van der Waals surface area contributed by atoms with Gasteiger partial charge in [0.2, 0.25) is 5.91 Å². The monoisotopic (exact) mass is 641 g/mol. The van der Waals surface area contributed by atoms with Crippen molar-refractivity contribution >= 4 is 17.4 Å². The van der Waals surface area contributed by atoms with E-state index in [1.807, 2.05) is 83.9 Å². The van der Waals surface area contributed by atoms with Crippen molar-refractivity contribution in [1.82, 2.24) is 10.3 Å². The Kier molecular flexibility index (Phi) is 21.2. The fourth-order valence-electron chi connectivity index (χ4n) is 4.75. The first-order valence-corrected chi connectivity index (χ1v) is 16.1. The van der Waals surface area contributed by atoms with Crippen molar-refractivity contribution < 1.29 is 28.9 Å². The average Bonchev–Trinajstić information content (AvgIpc) is 3.35. The lowest BCUT2D eigenvalue weighted by Gasteiger charge is -2.27. The van der Waals surface area contributed by atoms with E-state index in [-0.39, 0.29) is 31.1 Å². The molecule has 0 bridgehead atoms. The normalized spacial score (nSPS) is 14.9. The SMILES string of the molecule is C=CC1=C(/C=C\C)C(COCO)c2ccccc21.CC.CCOC(=O)C(C)(C)OC(/C(C)=C\CCN(C)CC(=O)NN)=C(\C)CC. The number of aliphatic hydroxyl groups is 1. The van der Waals surface area contributed by atoms with Gasteiger partial charge in [-0.25, -0.2) is 10.6 Å². The van der Waals surface area contributed by atoms with Crippen LogP contribution in [0.2, 0.25) is 0 Å². The van der Waals surface area contributed by atoms with Gasteiger partial charge in [0.1, 0.15) is 12.6 Å². The van der Waals surface area contributed by atoms with Gasteiger partial charge in [-0.05, 0) is 94.9 Å². The standard InChI is InChI=1S/C19H35N3O4.C16H18O2.C2H6/c1-8-14(3)17(26-19(5,6)18(24)25-9-2)15(4)11-10-12-22(7)13-16(23)21-20;1-3-7-13-12(4-2)14-8-5-6-9-15(14)16(13)10-18-11-17;1-2/h11H,8-10,12-13,20H2,1-7H3,(H,21,23);3-9,16-17H,2,10-11H2,1H3;1-2H3/b15-11-,17-14+;7-3-;. The van der Waals surface area contributed by atoms with Crippen LogP contribution < -0.4 is 11.3 Å². The van der Waals surface area contributed by atoms with Crippen LogP contribution in [-0.4, -0.2) is 67.6 Å². The lowest BCUT2D eigenvalue weighted by Crippen LogP contribution is -2.39. The minimum Gasteiger partial charge on any atom is -0.476 e. The minimum atomic E-state index is -1.06. The number of hydrazine groups is 1. The van der Waals surface area contributed by atoms with Crippen LogP contribution in [0.3, 0.4) is 0 Å². The predicted octanol–water partition coefficient (Wildman–Crippen LogP) is 6.58. The lowest BCUT2D eigenvalue weighted by atomic mass is 9.96. The number of hydrogen-bond acceptors (Lipinski definition) is 8. The van der Waals surface area contributed by atoms with Crippen LogP contribution in [0.25, 0.3) is 5.57 Å². The van der Waals surface area contributed by atoms with Crippen molar-refractivity contribution in [2.45, 2.75) is 86.7 Å². The van der Waals surface area contributed by atoms with Crippen LogP contribution in [0, 0.1) is 0 Å². The molecule has 1 unspecified atom stereocenters. The van der Waals surface area contributed by atoms with Gasteiger partial charge >= 0.3 is 5.97 Å². The highest BCUT2D eigenvalue weighted by Gasteiger charge is 2.33. The summed E-state index contributed by atoms with van der Waals surface area (Å²) in [7, 11) is 1.85. The summed E-state index contributed by atoms with van der Waals surface area (Å²) in [6.07, 6.45) is 9.62. The first-order chi connectivity index (χ1) is 21.9. The maximum absolute atomic E-state index is 12.1. The summed E-state index contributed by atoms with van der Waals surface area (Å²) < 4.78 is 16.3. The number of ether oxygens (including phenoxy) is 3. The van der Waals surface area contributed by atoms with Crippen LogP contribution in [0.5, 0.6) is 0 Å². The zero-order valence-corrected chi connectivity index (χ0v) is 29.9. The molecule has 2 rings (SSSR count). The van der Waals surface area contributed by atoms with Gasteiger partial charge in [-0.2, -0.15) is 0 Å². The Balaban J connectivity index is 0.000000878. The number of carbonyl (C=O) groups is 2. The molecule has 1 aliphatic carbocycles. The van der Waals surface area contributed by atoms with Gasteiger partial charge in [0.15, 0.2) is 5.60 Å². The molecule has 0 heterocycles. The Morgan fingerprint density at radius 1 is 1.17 bits per heavy atom. The van der Waals surface area contributed by atoms with Crippen molar-refractivity contribution in [2.24, 2.45) is 5.84 Å². The molecule has 1 aromatic carbocycles. The van der Waals surface area contributed by atoms with Crippen molar-refractivity contribution in [3.63, 3.8) is 0 Å². The predicted molar refractivity (Wildman–Crippen MR) is 188 cm³/mol. The summed E-state index contributed by atoms with van der Waals surface area (Å²) in [6.45, 7) is 22.6. The van der Waals surface area contributed by atoms with E-state index >= 15 is 0 Å². The fourth-order valence-corrected chi connectivity index (χ4v) is 4.75. The molecule has 0 saturated carbocycles. The van der Waals surface area contributed by atoms with E-state index in [0.717, 1.165) is 29.6 Å². The Labute approximate surface area is 277 Å². The lowest BCUT2D eigenvalue weighted by molar-refractivity contribution is -0.163. The molecule has 1 aromatic rings. The number of allylic oxidation sites excluding steroid dienone is 6. The molecule has 1 atom stereocenters. The molecular formula is C37H59N3O6. The van der Waals surface area contributed by atoms with Gasteiger partial charge in [-0.15, -0.1) is 0 Å². The van der Waals surface area contributed by atoms with Crippen molar-refractivity contribution in [2.75, 3.05) is 40.1 Å². The van der Waals surface area contributed by atoms with Crippen molar-refractivity contribution in [1.29, 1.82) is 0 Å². The van der Waals surface area contributed by atoms with Crippen LogP contribution in [0.15, 0.2) is 77.6 Å². The van der Waals surface area contributed by atoms with Gasteiger partial charge in [-0.1, -0.05) is 75.9 Å². The van der Waals surface area contributed by atoms with E-state index in [4.69, 9.17) is 25.2 Å². The van der Waals surface area contributed by atoms with Gasteiger partial charge < -0.3 is 19.3 Å². The summed E-state index contributed by atoms with van der Waals surface area (Å²) in [6, 6.07) is 8.28.